The lowest BCUT2D eigenvalue weighted by atomic mass is 10.1. The molecule has 0 aliphatic carbocycles. The number of fused-ring (bicyclic) bond motifs is 1. The monoisotopic (exact) mass is 394 g/mol. The van der Waals surface area contributed by atoms with Crippen LogP contribution < -0.4 is 0 Å². The predicted octanol–water partition coefficient (Wildman–Crippen LogP) is 2.32. The van der Waals surface area contributed by atoms with Crippen LogP contribution in [0.3, 0.4) is 0 Å². The number of aromatic nitrogens is 3. The van der Waals surface area contributed by atoms with Crippen LogP contribution in [0.1, 0.15) is 28.9 Å². The molecule has 1 aliphatic rings. The number of carbonyl (C=O) groups is 1. The molecule has 2 heterocycles. The quantitative estimate of drug-likeness (QED) is 0.721. The number of aliphatic hydroxyl groups is 1. The fraction of sp³-hybridized carbons (Fsp3) is 0.318. The summed E-state index contributed by atoms with van der Waals surface area (Å²) in [5, 5.41) is 19.1. The van der Waals surface area contributed by atoms with E-state index in [0.717, 1.165) is 24.5 Å². The molecule has 0 bridgehead atoms. The highest BCUT2D eigenvalue weighted by Gasteiger charge is 2.27. The molecule has 7 heteroatoms. The van der Waals surface area contributed by atoms with E-state index >= 15 is 0 Å². The lowest BCUT2D eigenvalue weighted by molar-refractivity contribution is -0.140. The van der Waals surface area contributed by atoms with Crippen molar-refractivity contribution in [1.29, 1.82) is 0 Å². The van der Waals surface area contributed by atoms with E-state index in [2.05, 4.69) is 26.9 Å². The van der Waals surface area contributed by atoms with Gasteiger partial charge in [-0.05, 0) is 29.7 Å². The minimum atomic E-state index is -1.29. The second kappa shape index (κ2) is 8.53. The van der Waals surface area contributed by atoms with Crippen molar-refractivity contribution in [2.45, 2.75) is 31.9 Å². The number of aryl methyl sites for hydroxylation is 2. The summed E-state index contributed by atoms with van der Waals surface area (Å²) in [6.07, 6.45) is 0.950. The maximum atomic E-state index is 13.1. The molecule has 1 aromatic heterocycles. The van der Waals surface area contributed by atoms with E-state index in [-0.39, 0.29) is 5.91 Å². The summed E-state index contributed by atoms with van der Waals surface area (Å²) in [7, 11) is 0. The third kappa shape index (κ3) is 4.35. The first-order valence-electron chi connectivity index (χ1n) is 9.79. The number of benzene rings is 2. The molecule has 1 aliphatic heterocycles. The largest absolute Gasteiger partial charge is 0.378 e. The van der Waals surface area contributed by atoms with Crippen LogP contribution in [0.5, 0.6) is 0 Å². The molecule has 0 spiro atoms. The third-order valence-electron chi connectivity index (χ3n) is 5.31. The summed E-state index contributed by atoms with van der Waals surface area (Å²) in [4.78, 5) is 14.4. The van der Waals surface area contributed by atoms with Gasteiger partial charge < -0.3 is 14.6 Å². The van der Waals surface area contributed by atoms with Crippen molar-refractivity contribution in [1.82, 2.24) is 19.7 Å². The Morgan fingerprint density at radius 2 is 1.76 bits per heavy atom. The highest BCUT2D eigenvalue weighted by atomic mass is 19.1. The smallest absolute Gasteiger partial charge is 0.256 e. The van der Waals surface area contributed by atoms with E-state index in [9.17, 15) is 14.3 Å². The van der Waals surface area contributed by atoms with Crippen LogP contribution in [-0.4, -0.2) is 43.8 Å². The minimum Gasteiger partial charge on any atom is -0.378 e. The van der Waals surface area contributed by atoms with Crippen LogP contribution in [0, 0.1) is 5.82 Å². The molecule has 0 radical (unpaired) electrons. The molecule has 0 saturated carbocycles. The first-order valence-corrected chi connectivity index (χ1v) is 9.79. The van der Waals surface area contributed by atoms with Crippen LogP contribution in [-0.2, 0) is 30.6 Å². The topological polar surface area (TPSA) is 71.2 Å². The average molecular weight is 394 g/mol. The molecule has 150 valence electrons. The first kappa shape index (κ1) is 19.3. The number of carbonyl (C=O) groups excluding carboxylic acids is 1. The van der Waals surface area contributed by atoms with Crippen molar-refractivity contribution >= 4 is 5.91 Å². The Balaban J connectivity index is 1.41. The van der Waals surface area contributed by atoms with Gasteiger partial charge in [0.15, 0.2) is 6.10 Å². The van der Waals surface area contributed by atoms with Gasteiger partial charge in [-0.15, -0.1) is 10.2 Å². The highest BCUT2D eigenvalue weighted by molar-refractivity contribution is 5.82. The van der Waals surface area contributed by atoms with E-state index in [1.807, 2.05) is 18.2 Å². The van der Waals surface area contributed by atoms with Crippen LogP contribution in [0.25, 0.3) is 0 Å². The number of rotatable bonds is 5. The molecular formula is C22H23FN4O2. The molecule has 3 aromatic rings. The zero-order valence-corrected chi connectivity index (χ0v) is 16.0. The van der Waals surface area contributed by atoms with Crippen molar-refractivity contribution in [2.75, 3.05) is 13.1 Å². The summed E-state index contributed by atoms with van der Waals surface area (Å²) in [6, 6.07) is 15.6. The molecule has 6 nitrogen and oxygen atoms in total. The van der Waals surface area contributed by atoms with E-state index < -0.39 is 11.9 Å². The van der Waals surface area contributed by atoms with Crippen LogP contribution in [0.2, 0.25) is 0 Å². The average Bonchev–Trinajstić information content (AvgIpc) is 3.01. The van der Waals surface area contributed by atoms with Gasteiger partial charge in [-0.1, -0.05) is 42.5 Å². The highest BCUT2D eigenvalue weighted by Crippen LogP contribution is 2.19. The Bertz CT molecular complexity index is 972. The Kier molecular flexibility index (Phi) is 5.67. The zero-order chi connectivity index (χ0) is 20.2. The molecule has 0 fully saturated rings. The Morgan fingerprint density at radius 3 is 2.52 bits per heavy atom. The van der Waals surface area contributed by atoms with E-state index in [1.54, 1.807) is 4.90 Å². The number of hydrogen-bond acceptors (Lipinski definition) is 4. The zero-order valence-electron chi connectivity index (χ0n) is 16.0. The van der Waals surface area contributed by atoms with Gasteiger partial charge in [0.25, 0.3) is 5.91 Å². The van der Waals surface area contributed by atoms with Crippen molar-refractivity contribution < 1.29 is 14.3 Å². The first-order chi connectivity index (χ1) is 14.1. The second-order valence-corrected chi connectivity index (χ2v) is 7.20. The molecule has 4 rings (SSSR count). The number of hydrogen-bond donors (Lipinski definition) is 1. The van der Waals surface area contributed by atoms with Gasteiger partial charge >= 0.3 is 0 Å². The Labute approximate surface area is 168 Å². The van der Waals surface area contributed by atoms with Gasteiger partial charge in [-0.25, -0.2) is 4.39 Å². The predicted molar refractivity (Wildman–Crippen MR) is 106 cm³/mol. The maximum absolute atomic E-state index is 13.1. The van der Waals surface area contributed by atoms with E-state index in [1.165, 1.54) is 29.8 Å². The minimum absolute atomic E-state index is 0.374. The van der Waals surface area contributed by atoms with Crippen LogP contribution >= 0.6 is 0 Å². The Morgan fingerprint density at radius 1 is 1.00 bits per heavy atom. The molecule has 1 atom stereocenters. The second-order valence-electron chi connectivity index (χ2n) is 7.20. The molecule has 2 aromatic carbocycles. The standard InChI is InChI=1S/C22H23FN4O2/c23-18-9-7-17(8-10-18)21(28)22(29)26-13-12-20-25-24-19(27(20)15-14-26)11-6-16-4-2-1-3-5-16/h1-5,7-10,21,28H,6,11-15H2/t21-/m1/s1. The summed E-state index contributed by atoms with van der Waals surface area (Å²) in [5.74, 6) is 1.00. The Hall–Kier alpha value is -3.06. The molecule has 0 unspecified atom stereocenters. The molecule has 29 heavy (non-hydrogen) atoms. The van der Waals surface area contributed by atoms with E-state index in [4.69, 9.17) is 0 Å². The molecular weight excluding hydrogens is 371 g/mol. The maximum Gasteiger partial charge on any atom is 0.256 e. The molecule has 1 N–H and O–H groups in total. The van der Waals surface area contributed by atoms with Crippen molar-refractivity contribution in [3.63, 3.8) is 0 Å². The summed E-state index contributed by atoms with van der Waals surface area (Å²) < 4.78 is 15.2. The van der Waals surface area contributed by atoms with Crippen molar-refractivity contribution in [3.05, 3.63) is 83.2 Å². The van der Waals surface area contributed by atoms with Crippen molar-refractivity contribution in [3.8, 4) is 0 Å². The van der Waals surface area contributed by atoms with Gasteiger partial charge in [-0.2, -0.15) is 0 Å². The van der Waals surface area contributed by atoms with Gasteiger partial charge in [-0.3, -0.25) is 4.79 Å². The fourth-order valence-electron chi connectivity index (χ4n) is 3.65. The van der Waals surface area contributed by atoms with Gasteiger partial charge in [0.05, 0.1) is 0 Å². The van der Waals surface area contributed by atoms with Gasteiger partial charge in [0.2, 0.25) is 0 Å². The number of amides is 1. The van der Waals surface area contributed by atoms with Crippen LogP contribution in [0.4, 0.5) is 4.39 Å². The molecule has 0 saturated heterocycles. The lowest BCUT2D eigenvalue weighted by Crippen LogP contribution is -2.37. The third-order valence-corrected chi connectivity index (χ3v) is 5.31. The number of aliphatic hydroxyl groups excluding tert-OH is 1. The van der Waals surface area contributed by atoms with E-state index in [0.29, 0.717) is 31.6 Å². The van der Waals surface area contributed by atoms with Gasteiger partial charge in [0.1, 0.15) is 17.5 Å². The lowest BCUT2D eigenvalue weighted by Gasteiger charge is -2.23. The number of nitrogens with zero attached hydrogens (tertiary/aromatic N) is 4. The number of halogens is 1. The summed E-state index contributed by atoms with van der Waals surface area (Å²) in [6.45, 7) is 1.53. The normalized spacial score (nSPS) is 14.9. The van der Waals surface area contributed by atoms with Crippen LogP contribution in [0.15, 0.2) is 54.6 Å². The molecule has 1 amide bonds. The summed E-state index contributed by atoms with van der Waals surface area (Å²) >= 11 is 0. The summed E-state index contributed by atoms with van der Waals surface area (Å²) in [5.41, 5.74) is 1.64. The van der Waals surface area contributed by atoms with Gasteiger partial charge in [0, 0.05) is 32.5 Å². The van der Waals surface area contributed by atoms with Crippen molar-refractivity contribution in [2.24, 2.45) is 0 Å². The fourth-order valence-corrected chi connectivity index (χ4v) is 3.65. The SMILES string of the molecule is O=C([C@H](O)c1ccc(F)cc1)N1CCc2nnc(CCc3ccccc3)n2CC1.